The molecule has 4 fully saturated rings. The average Bonchev–Trinajstić information content (AvgIpc) is 2.75. The monoisotopic (exact) mass is 433 g/mol. The molecule has 0 aromatic heterocycles. The molecule has 0 spiro atoms. The fourth-order valence-electron chi connectivity index (χ4n) is 6.23. The molecule has 0 radical (unpaired) electrons. The molecule has 7 nitrogen and oxygen atoms in total. The lowest BCUT2D eigenvalue weighted by molar-refractivity contribution is -0.0167. The summed E-state index contributed by atoms with van der Waals surface area (Å²) in [5, 5.41) is 26.4. The van der Waals surface area contributed by atoms with E-state index in [1.54, 1.807) is 36.4 Å². The Morgan fingerprint density at radius 2 is 1.44 bits per heavy atom. The van der Waals surface area contributed by atoms with Crippen molar-refractivity contribution in [1.29, 1.82) is 0 Å². The number of aromatic hydroxyl groups is 2. The summed E-state index contributed by atoms with van der Waals surface area (Å²) in [5.41, 5.74) is 3.53. The molecule has 0 aliphatic heterocycles. The smallest absolute Gasteiger partial charge is 0.271 e. The number of amides is 2. The number of carbonyl (C=O) groups is 2. The molecule has 166 valence electrons. The summed E-state index contributed by atoms with van der Waals surface area (Å²) in [6, 6.07) is 11.0. The summed E-state index contributed by atoms with van der Waals surface area (Å²) >= 11 is 0. The van der Waals surface area contributed by atoms with Crippen molar-refractivity contribution in [3.8, 4) is 11.5 Å². The highest BCUT2D eigenvalue weighted by atomic mass is 16.3. The molecule has 0 heterocycles. The SMILES string of the molecule is O=C(N/N=C/c1cccc(O)c1O)c1ccc(C(=O)NC23CC4CC(CC(C4)C2)C3)cc1. The van der Waals surface area contributed by atoms with Crippen molar-refractivity contribution < 1.29 is 19.8 Å². The Labute approximate surface area is 186 Å². The van der Waals surface area contributed by atoms with Gasteiger partial charge in [0.05, 0.1) is 6.21 Å². The minimum Gasteiger partial charge on any atom is -0.504 e. The second-order valence-corrected chi connectivity index (χ2v) is 9.64. The molecule has 0 unspecified atom stereocenters. The van der Waals surface area contributed by atoms with Crippen LogP contribution >= 0.6 is 0 Å². The number of hydrazone groups is 1. The zero-order valence-corrected chi connectivity index (χ0v) is 17.8. The molecule has 4 N–H and O–H groups in total. The average molecular weight is 434 g/mol. The lowest BCUT2D eigenvalue weighted by Crippen LogP contribution is -2.59. The number of para-hydroxylation sites is 1. The molecular formula is C25H27N3O4. The summed E-state index contributed by atoms with van der Waals surface area (Å²) < 4.78 is 0. The van der Waals surface area contributed by atoms with Gasteiger partial charge in [0.2, 0.25) is 0 Å². The Balaban J connectivity index is 1.20. The van der Waals surface area contributed by atoms with Crippen LogP contribution in [0.4, 0.5) is 0 Å². The van der Waals surface area contributed by atoms with Crippen molar-refractivity contribution in [3.63, 3.8) is 0 Å². The highest BCUT2D eigenvalue weighted by Crippen LogP contribution is 2.55. The third-order valence-electron chi connectivity index (χ3n) is 7.24. The number of benzene rings is 2. The van der Waals surface area contributed by atoms with Crippen LogP contribution in [0.1, 0.15) is 64.8 Å². The lowest BCUT2D eigenvalue weighted by atomic mass is 9.53. The van der Waals surface area contributed by atoms with E-state index in [1.807, 2.05) is 0 Å². The third-order valence-corrected chi connectivity index (χ3v) is 7.24. The zero-order chi connectivity index (χ0) is 22.3. The second-order valence-electron chi connectivity index (χ2n) is 9.64. The van der Waals surface area contributed by atoms with Crippen molar-refractivity contribution in [1.82, 2.24) is 10.7 Å². The van der Waals surface area contributed by atoms with E-state index in [-0.39, 0.29) is 28.5 Å². The number of hydrogen-bond donors (Lipinski definition) is 4. The predicted octanol–water partition coefficient (Wildman–Crippen LogP) is 3.56. The Morgan fingerprint density at radius 3 is 2.03 bits per heavy atom. The van der Waals surface area contributed by atoms with E-state index in [0.717, 1.165) is 37.0 Å². The topological polar surface area (TPSA) is 111 Å². The molecule has 4 aliphatic rings. The molecule has 32 heavy (non-hydrogen) atoms. The van der Waals surface area contributed by atoms with E-state index in [9.17, 15) is 19.8 Å². The summed E-state index contributed by atoms with van der Waals surface area (Å²) in [6.07, 6.45) is 8.51. The van der Waals surface area contributed by atoms with E-state index in [4.69, 9.17) is 0 Å². The van der Waals surface area contributed by atoms with Gasteiger partial charge in [-0.15, -0.1) is 0 Å². The van der Waals surface area contributed by atoms with Crippen molar-refractivity contribution in [2.45, 2.75) is 44.1 Å². The summed E-state index contributed by atoms with van der Waals surface area (Å²) in [5.74, 6) is 1.20. The molecule has 2 amide bonds. The summed E-state index contributed by atoms with van der Waals surface area (Å²) in [4.78, 5) is 25.2. The van der Waals surface area contributed by atoms with E-state index < -0.39 is 5.91 Å². The van der Waals surface area contributed by atoms with Crippen molar-refractivity contribution in [3.05, 3.63) is 59.2 Å². The maximum Gasteiger partial charge on any atom is 0.271 e. The largest absolute Gasteiger partial charge is 0.504 e. The van der Waals surface area contributed by atoms with E-state index in [2.05, 4.69) is 15.8 Å². The number of carbonyl (C=O) groups excluding carboxylic acids is 2. The summed E-state index contributed by atoms with van der Waals surface area (Å²) in [6.45, 7) is 0. The van der Waals surface area contributed by atoms with E-state index in [1.165, 1.54) is 31.5 Å². The Morgan fingerprint density at radius 1 is 0.875 bits per heavy atom. The molecule has 2 aromatic rings. The zero-order valence-electron chi connectivity index (χ0n) is 17.8. The standard InChI is InChI=1S/C25H27N3O4/c29-21-3-1-2-20(22(21)30)14-26-28-24(32)19-6-4-18(5-7-19)23(31)27-25-11-15-8-16(12-25)10-17(9-15)13-25/h1-7,14-17,29-30H,8-13H2,(H,27,31)(H,28,32)/b26-14+. The van der Waals surface area contributed by atoms with Crippen LogP contribution in [-0.4, -0.2) is 33.8 Å². The van der Waals surface area contributed by atoms with Crippen LogP contribution in [0.2, 0.25) is 0 Å². The van der Waals surface area contributed by atoms with Crippen LogP contribution in [0.5, 0.6) is 11.5 Å². The molecular weight excluding hydrogens is 406 g/mol. The molecule has 0 saturated heterocycles. The van der Waals surface area contributed by atoms with Gasteiger partial charge in [0.25, 0.3) is 11.8 Å². The van der Waals surface area contributed by atoms with Crippen LogP contribution in [0.25, 0.3) is 0 Å². The number of hydrogen-bond acceptors (Lipinski definition) is 5. The van der Waals surface area contributed by atoms with Crippen molar-refractivity contribution in [2.75, 3.05) is 0 Å². The van der Waals surface area contributed by atoms with Gasteiger partial charge in [-0.3, -0.25) is 9.59 Å². The minimum atomic E-state index is -0.436. The van der Waals surface area contributed by atoms with Gasteiger partial charge in [0, 0.05) is 22.2 Å². The Kier molecular flexibility index (Phi) is 5.12. The van der Waals surface area contributed by atoms with Gasteiger partial charge in [-0.2, -0.15) is 5.10 Å². The first kappa shape index (κ1) is 20.5. The van der Waals surface area contributed by atoms with Gasteiger partial charge in [-0.25, -0.2) is 5.43 Å². The molecule has 6 rings (SSSR count). The second kappa shape index (κ2) is 7.97. The van der Waals surface area contributed by atoms with Gasteiger partial charge in [0.15, 0.2) is 11.5 Å². The van der Waals surface area contributed by atoms with Gasteiger partial charge in [-0.1, -0.05) is 6.07 Å². The predicted molar refractivity (Wildman–Crippen MR) is 120 cm³/mol. The van der Waals surface area contributed by atoms with Crippen LogP contribution in [0.15, 0.2) is 47.6 Å². The molecule has 4 bridgehead atoms. The highest BCUT2D eigenvalue weighted by molar-refractivity contribution is 5.98. The molecule has 0 atom stereocenters. The highest BCUT2D eigenvalue weighted by Gasteiger charge is 2.51. The molecule has 4 aliphatic carbocycles. The van der Waals surface area contributed by atoms with Gasteiger partial charge in [-0.05, 0) is 92.7 Å². The number of nitrogens with one attached hydrogen (secondary N) is 2. The third kappa shape index (κ3) is 3.95. The van der Waals surface area contributed by atoms with Crippen LogP contribution < -0.4 is 10.7 Å². The quantitative estimate of drug-likeness (QED) is 0.328. The van der Waals surface area contributed by atoms with Crippen molar-refractivity contribution in [2.24, 2.45) is 22.9 Å². The normalized spacial score (nSPS) is 28.1. The first-order chi connectivity index (χ1) is 15.4. The lowest BCUT2D eigenvalue weighted by Gasteiger charge is -2.56. The number of phenolic OH excluding ortho intramolecular Hbond substituents is 2. The number of rotatable bonds is 5. The first-order valence-corrected chi connectivity index (χ1v) is 11.2. The van der Waals surface area contributed by atoms with Gasteiger partial charge >= 0.3 is 0 Å². The minimum absolute atomic E-state index is 0.0476. The van der Waals surface area contributed by atoms with Gasteiger partial charge < -0.3 is 15.5 Å². The number of phenols is 2. The van der Waals surface area contributed by atoms with Gasteiger partial charge in [0.1, 0.15) is 0 Å². The van der Waals surface area contributed by atoms with E-state index >= 15 is 0 Å². The van der Waals surface area contributed by atoms with Crippen LogP contribution in [0.3, 0.4) is 0 Å². The maximum absolute atomic E-state index is 12.9. The van der Waals surface area contributed by atoms with Crippen LogP contribution in [-0.2, 0) is 0 Å². The Bertz CT molecular complexity index is 1040. The molecule has 4 saturated carbocycles. The van der Waals surface area contributed by atoms with Crippen LogP contribution in [0, 0.1) is 17.8 Å². The molecule has 7 heteroatoms. The summed E-state index contributed by atoms with van der Waals surface area (Å²) in [7, 11) is 0. The fraction of sp³-hybridized carbons (Fsp3) is 0.400. The maximum atomic E-state index is 12.9. The first-order valence-electron chi connectivity index (χ1n) is 11.2. The number of nitrogens with zero attached hydrogens (tertiary/aromatic N) is 1. The molecule has 2 aromatic carbocycles. The van der Waals surface area contributed by atoms with Crippen molar-refractivity contribution >= 4 is 18.0 Å². The Hall–Kier alpha value is -3.35. The van der Waals surface area contributed by atoms with E-state index in [0.29, 0.717) is 11.1 Å². The fourth-order valence-corrected chi connectivity index (χ4v) is 6.23.